The highest BCUT2D eigenvalue weighted by Gasteiger charge is 2.07. The van der Waals surface area contributed by atoms with E-state index in [9.17, 15) is 13.2 Å². The number of nitrogens with two attached hydrogens (primary N) is 1. The highest BCUT2D eigenvalue weighted by Crippen LogP contribution is 2.23. The minimum atomic E-state index is -0.798. The second-order valence-corrected chi connectivity index (χ2v) is 4.16. The summed E-state index contributed by atoms with van der Waals surface area (Å²) in [6.07, 6.45) is 0.523. The van der Waals surface area contributed by atoms with Gasteiger partial charge in [0.05, 0.1) is 11.4 Å². The Morgan fingerprint density at radius 2 is 1.79 bits per heavy atom. The molecule has 5 heteroatoms. The van der Waals surface area contributed by atoms with E-state index in [1.807, 2.05) is 0 Å². The molecule has 0 aliphatic rings. The molecule has 19 heavy (non-hydrogen) atoms. The van der Waals surface area contributed by atoms with Crippen LogP contribution in [-0.2, 0) is 6.42 Å². The van der Waals surface area contributed by atoms with Gasteiger partial charge in [-0.25, -0.2) is 13.2 Å². The average molecular weight is 266 g/mol. The van der Waals surface area contributed by atoms with Gasteiger partial charge in [0.15, 0.2) is 5.82 Å². The Hall–Kier alpha value is -2.17. The van der Waals surface area contributed by atoms with E-state index in [0.29, 0.717) is 13.0 Å². The van der Waals surface area contributed by atoms with Gasteiger partial charge in [-0.3, -0.25) is 0 Å². The molecule has 3 N–H and O–H groups in total. The first-order valence-corrected chi connectivity index (χ1v) is 5.79. The second kappa shape index (κ2) is 5.65. The Morgan fingerprint density at radius 3 is 2.53 bits per heavy atom. The van der Waals surface area contributed by atoms with E-state index in [1.165, 1.54) is 12.1 Å². The quantitative estimate of drug-likeness (QED) is 0.833. The molecule has 0 unspecified atom stereocenters. The number of hydrogen-bond acceptors (Lipinski definition) is 2. The third kappa shape index (κ3) is 3.40. The van der Waals surface area contributed by atoms with Gasteiger partial charge in [-0.15, -0.1) is 0 Å². The van der Waals surface area contributed by atoms with Crippen LogP contribution in [0.3, 0.4) is 0 Å². The summed E-state index contributed by atoms with van der Waals surface area (Å²) in [7, 11) is 0. The molecule has 2 nitrogen and oxygen atoms in total. The van der Waals surface area contributed by atoms with Crippen molar-refractivity contribution >= 4 is 11.4 Å². The zero-order valence-corrected chi connectivity index (χ0v) is 10.1. The van der Waals surface area contributed by atoms with Crippen LogP contribution in [0.25, 0.3) is 0 Å². The number of anilines is 2. The van der Waals surface area contributed by atoms with E-state index >= 15 is 0 Å². The second-order valence-electron chi connectivity index (χ2n) is 4.16. The molecule has 0 aromatic heterocycles. The van der Waals surface area contributed by atoms with Gasteiger partial charge < -0.3 is 11.1 Å². The van der Waals surface area contributed by atoms with Crippen molar-refractivity contribution in [3.05, 3.63) is 59.4 Å². The molecule has 0 aliphatic heterocycles. The molecule has 0 saturated carbocycles. The summed E-state index contributed by atoms with van der Waals surface area (Å²) in [6.45, 7) is 0.399. The van der Waals surface area contributed by atoms with Crippen molar-refractivity contribution in [1.82, 2.24) is 0 Å². The molecule has 0 saturated heterocycles. The van der Waals surface area contributed by atoms with Crippen molar-refractivity contribution in [3.63, 3.8) is 0 Å². The van der Waals surface area contributed by atoms with Crippen LogP contribution in [0.1, 0.15) is 5.56 Å². The van der Waals surface area contributed by atoms with E-state index in [2.05, 4.69) is 5.32 Å². The van der Waals surface area contributed by atoms with Crippen LogP contribution >= 0.6 is 0 Å². The van der Waals surface area contributed by atoms with Crippen LogP contribution in [0.4, 0.5) is 24.5 Å². The van der Waals surface area contributed by atoms with Gasteiger partial charge in [-0.1, -0.05) is 12.1 Å². The summed E-state index contributed by atoms with van der Waals surface area (Å²) in [5.41, 5.74) is 6.36. The maximum atomic E-state index is 13.2. The van der Waals surface area contributed by atoms with Crippen molar-refractivity contribution in [3.8, 4) is 0 Å². The maximum absolute atomic E-state index is 13.2. The van der Waals surface area contributed by atoms with Gasteiger partial charge in [-0.05, 0) is 30.2 Å². The number of benzene rings is 2. The Morgan fingerprint density at radius 1 is 1.00 bits per heavy atom. The molecule has 0 amide bonds. The minimum absolute atomic E-state index is 0.124. The van der Waals surface area contributed by atoms with E-state index in [4.69, 9.17) is 5.73 Å². The number of nitrogen functional groups attached to an aromatic ring is 1. The molecule has 100 valence electrons. The number of hydrogen-bond donors (Lipinski definition) is 2. The van der Waals surface area contributed by atoms with Crippen molar-refractivity contribution in [2.45, 2.75) is 6.42 Å². The highest BCUT2D eigenvalue weighted by atomic mass is 19.1. The van der Waals surface area contributed by atoms with E-state index < -0.39 is 11.6 Å². The Balaban J connectivity index is 2.00. The molecule has 0 heterocycles. The molecule has 2 aromatic rings. The normalized spacial score (nSPS) is 10.5. The van der Waals surface area contributed by atoms with Crippen molar-refractivity contribution in [2.24, 2.45) is 0 Å². The van der Waals surface area contributed by atoms with Gasteiger partial charge in [0.2, 0.25) is 0 Å². The van der Waals surface area contributed by atoms with E-state index in [1.54, 1.807) is 12.1 Å². The Kier molecular flexibility index (Phi) is 3.94. The van der Waals surface area contributed by atoms with Crippen molar-refractivity contribution in [2.75, 3.05) is 17.6 Å². The molecule has 2 aromatic carbocycles. The van der Waals surface area contributed by atoms with Gasteiger partial charge in [0.25, 0.3) is 0 Å². The smallest absolute Gasteiger partial charge is 0.151 e. The topological polar surface area (TPSA) is 38.0 Å². The summed E-state index contributed by atoms with van der Waals surface area (Å²) in [4.78, 5) is 0. The predicted molar refractivity (Wildman–Crippen MR) is 69.4 cm³/mol. The Bertz CT molecular complexity index is 585. The lowest BCUT2D eigenvalue weighted by Crippen LogP contribution is -2.08. The van der Waals surface area contributed by atoms with Crippen LogP contribution in [0.15, 0.2) is 36.4 Å². The zero-order chi connectivity index (χ0) is 13.8. The summed E-state index contributed by atoms with van der Waals surface area (Å²) >= 11 is 0. The lowest BCUT2D eigenvalue weighted by molar-refractivity contribution is 0.587. The Labute approximate surface area is 109 Å². The van der Waals surface area contributed by atoms with Crippen LogP contribution in [0.5, 0.6) is 0 Å². The molecule has 0 atom stereocenters. The van der Waals surface area contributed by atoms with Crippen LogP contribution in [0.2, 0.25) is 0 Å². The molecule has 0 radical (unpaired) electrons. The van der Waals surface area contributed by atoms with Crippen LogP contribution in [-0.4, -0.2) is 6.54 Å². The number of halogens is 3. The third-order valence-electron chi connectivity index (χ3n) is 2.71. The number of nitrogens with one attached hydrogen (secondary N) is 1. The molecular formula is C14H13F3N2. The predicted octanol–water partition coefficient (Wildman–Crippen LogP) is 3.34. The average Bonchev–Trinajstić information content (AvgIpc) is 2.35. The molecule has 0 bridgehead atoms. The first-order chi connectivity index (χ1) is 9.06. The zero-order valence-electron chi connectivity index (χ0n) is 10.1. The first kappa shape index (κ1) is 13.3. The van der Waals surface area contributed by atoms with Crippen molar-refractivity contribution in [1.29, 1.82) is 0 Å². The maximum Gasteiger partial charge on any atom is 0.151 e. The largest absolute Gasteiger partial charge is 0.395 e. The monoisotopic (exact) mass is 266 g/mol. The SMILES string of the molecule is Nc1c(F)cc(F)cc1NCCc1cccc(F)c1. The lowest BCUT2D eigenvalue weighted by Gasteiger charge is -2.10. The van der Waals surface area contributed by atoms with Gasteiger partial charge in [0.1, 0.15) is 11.6 Å². The summed E-state index contributed by atoms with van der Waals surface area (Å²) < 4.78 is 39.2. The summed E-state index contributed by atoms with van der Waals surface area (Å²) in [5, 5.41) is 2.84. The highest BCUT2D eigenvalue weighted by molar-refractivity contribution is 5.66. The fraction of sp³-hybridized carbons (Fsp3) is 0.143. The molecular weight excluding hydrogens is 253 g/mol. The molecule has 0 fully saturated rings. The third-order valence-corrected chi connectivity index (χ3v) is 2.71. The fourth-order valence-electron chi connectivity index (χ4n) is 1.77. The molecule has 0 spiro atoms. The van der Waals surface area contributed by atoms with Gasteiger partial charge in [-0.2, -0.15) is 0 Å². The van der Waals surface area contributed by atoms with Gasteiger partial charge in [0, 0.05) is 12.6 Å². The number of rotatable bonds is 4. The lowest BCUT2D eigenvalue weighted by atomic mass is 10.1. The molecule has 0 aliphatic carbocycles. The summed E-state index contributed by atoms with van der Waals surface area (Å²) in [6, 6.07) is 8.02. The van der Waals surface area contributed by atoms with Crippen LogP contribution in [0, 0.1) is 17.5 Å². The van der Waals surface area contributed by atoms with Crippen LogP contribution < -0.4 is 11.1 Å². The molecule has 2 rings (SSSR count). The minimum Gasteiger partial charge on any atom is -0.395 e. The van der Waals surface area contributed by atoms with Crippen molar-refractivity contribution < 1.29 is 13.2 Å². The first-order valence-electron chi connectivity index (χ1n) is 5.79. The fourth-order valence-corrected chi connectivity index (χ4v) is 1.77. The van der Waals surface area contributed by atoms with E-state index in [-0.39, 0.29) is 17.2 Å². The van der Waals surface area contributed by atoms with Gasteiger partial charge >= 0.3 is 0 Å². The standard InChI is InChI=1S/C14H13F3N2/c15-10-3-1-2-9(6-10)4-5-19-13-8-11(16)7-12(17)14(13)18/h1-3,6-8,19H,4-5,18H2. The van der Waals surface area contributed by atoms with E-state index in [0.717, 1.165) is 17.7 Å². The summed E-state index contributed by atoms with van der Waals surface area (Å²) in [5.74, 6) is -1.80.